The van der Waals surface area contributed by atoms with Crippen molar-refractivity contribution in [3.05, 3.63) is 58.3 Å². The number of non-ortho nitro benzene ring substituents is 1. The highest BCUT2D eigenvalue weighted by Crippen LogP contribution is 2.22. The van der Waals surface area contributed by atoms with E-state index in [-0.39, 0.29) is 21.9 Å². The van der Waals surface area contributed by atoms with E-state index in [1.165, 1.54) is 40.8 Å². The summed E-state index contributed by atoms with van der Waals surface area (Å²) in [4.78, 5) is 38.4. The maximum Gasteiger partial charge on any atom is 0.270 e. The fourth-order valence-electron chi connectivity index (χ4n) is 2.99. The van der Waals surface area contributed by atoms with Crippen molar-refractivity contribution in [1.29, 1.82) is 0 Å². The molecule has 0 spiro atoms. The molecule has 1 aromatic carbocycles. The monoisotopic (exact) mass is 479 g/mol. The van der Waals surface area contributed by atoms with Crippen LogP contribution in [0.4, 0.5) is 5.69 Å². The summed E-state index contributed by atoms with van der Waals surface area (Å²) < 4.78 is 26.7. The SMILES string of the molecule is O=C(CSc1ccc(S(=O)(=O)N2CCCCC2)cn1)NNC(=O)c1cccc([N+](=O)[O-])c1. The second-order valence-corrected chi connectivity index (χ2v) is 9.83. The highest BCUT2D eigenvalue weighted by molar-refractivity contribution is 7.99. The minimum Gasteiger partial charge on any atom is -0.272 e. The number of sulfonamides is 1. The molecule has 0 saturated carbocycles. The van der Waals surface area contributed by atoms with E-state index in [2.05, 4.69) is 15.8 Å². The molecule has 13 heteroatoms. The first-order chi connectivity index (χ1) is 15.3. The molecule has 11 nitrogen and oxygen atoms in total. The second kappa shape index (κ2) is 10.5. The molecule has 2 amide bonds. The van der Waals surface area contributed by atoms with Crippen LogP contribution in [0.3, 0.4) is 0 Å². The van der Waals surface area contributed by atoms with Gasteiger partial charge < -0.3 is 0 Å². The molecule has 3 rings (SSSR count). The van der Waals surface area contributed by atoms with Crippen LogP contribution in [-0.4, -0.2) is 53.3 Å². The van der Waals surface area contributed by atoms with E-state index in [1.807, 2.05) is 0 Å². The van der Waals surface area contributed by atoms with Gasteiger partial charge in [-0.15, -0.1) is 0 Å². The highest BCUT2D eigenvalue weighted by atomic mass is 32.2. The summed E-state index contributed by atoms with van der Waals surface area (Å²) in [6, 6.07) is 8.08. The topological polar surface area (TPSA) is 152 Å². The van der Waals surface area contributed by atoms with Crippen molar-refractivity contribution in [1.82, 2.24) is 20.1 Å². The number of hydrogen-bond acceptors (Lipinski definition) is 8. The van der Waals surface area contributed by atoms with Crippen molar-refractivity contribution >= 4 is 39.3 Å². The number of thioether (sulfide) groups is 1. The van der Waals surface area contributed by atoms with Gasteiger partial charge in [-0.25, -0.2) is 13.4 Å². The minimum absolute atomic E-state index is 0.0272. The van der Waals surface area contributed by atoms with Gasteiger partial charge >= 0.3 is 0 Å². The van der Waals surface area contributed by atoms with Gasteiger partial charge in [0.15, 0.2) is 0 Å². The lowest BCUT2D eigenvalue weighted by atomic mass is 10.2. The van der Waals surface area contributed by atoms with Gasteiger partial charge in [-0.3, -0.25) is 30.6 Å². The summed E-state index contributed by atoms with van der Waals surface area (Å²) in [5.74, 6) is -1.31. The number of amides is 2. The van der Waals surface area contributed by atoms with Gasteiger partial charge in [0.25, 0.3) is 11.6 Å². The zero-order valence-electron chi connectivity index (χ0n) is 16.9. The maximum absolute atomic E-state index is 12.6. The van der Waals surface area contributed by atoms with Crippen LogP contribution in [0.25, 0.3) is 0 Å². The second-order valence-electron chi connectivity index (χ2n) is 6.90. The first-order valence-corrected chi connectivity index (χ1v) is 12.1. The number of rotatable bonds is 7. The Bertz CT molecular complexity index is 1100. The molecule has 0 bridgehead atoms. The number of hydrazine groups is 1. The summed E-state index contributed by atoms with van der Waals surface area (Å²) in [6.45, 7) is 1.00. The van der Waals surface area contributed by atoms with Gasteiger partial charge in [-0.1, -0.05) is 24.2 Å². The van der Waals surface area contributed by atoms with E-state index in [1.54, 1.807) is 0 Å². The number of nitrogens with zero attached hydrogens (tertiary/aromatic N) is 3. The Balaban J connectivity index is 1.49. The smallest absolute Gasteiger partial charge is 0.270 e. The standard InChI is InChI=1S/C19H21N5O6S2/c25-17(21-22-19(26)14-5-4-6-15(11-14)24(27)28)13-31-18-8-7-16(12-20-18)32(29,30)23-9-2-1-3-10-23/h4-8,11-12H,1-3,9-10,13H2,(H,21,25)(H,22,26). The zero-order valence-corrected chi connectivity index (χ0v) is 18.5. The van der Waals surface area contributed by atoms with Crippen LogP contribution in [0.5, 0.6) is 0 Å². The third-order valence-corrected chi connectivity index (χ3v) is 7.47. The third kappa shape index (κ3) is 6.02. The largest absolute Gasteiger partial charge is 0.272 e. The number of hydrogen-bond donors (Lipinski definition) is 2. The van der Waals surface area contributed by atoms with Crippen molar-refractivity contribution in [2.24, 2.45) is 0 Å². The van der Waals surface area contributed by atoms with Gasteiger partial charge in [-0.2, -0.15) is 4.31 Å². The quantitative estimate of drug-likeness (QED) is 0.346. The van der Waals surface area contributed by atoms with Gasteiger partial charge in [0.1, 0.15) is 4.90 Å². The molecule has 0 atom stereocenters. The third-order valence-electron chi connectivity index (χ3n) is 4.65. The molecule has 0 radical (unpaired) electrons. The van der Waals surface area contributed by atoms with Crippen LogP contribution >= 0.6 is 11.8 Å². The Morgan fingerprint density at radius 2 is 1.88 bits per heavy atom. The lowest BCUT2D eigenvalue weighted by molar-refractivity contribution is -0.384. The molecule has 0 unspecified atom stereocenters. The molecular weight excluding hydrogens is 458 g/mol. The Labute approximate surface area is 188 Å². The average molecular weight is 480 g/mol. The minimum atomic E-state index is -3.57. The van der Waals surface area contributed by atoms with Gasteiger partial charge in [0, 0.05) is 37.0 Å². The number of carbonyl (C=O) groups is 2. The Hall–Kier alpha value is -3.03. The number of benzene rings is 1. The Morgan fingerprint density at radius 1 is 1.12 bits per heavy atom. The van der Waals surface area contributed by atoms with Crippen molar-refractivity contribution in [3.63, 3.8) is 0 Å². The number of pyridine rings is 1. The lowest BCUT2D eigenvalue weighted by Gasteiger charge is -2.25. The number of nitrogens with one attached hydrogen (secondary N) is 2. The molecule has 2 heterocycles. The van der Waals surface area contributed by atoms with Crippen molar-refractivity contribution in [2.45, 2.75) is 29.2 Å². The number of carbonyl (C=O) groups excluding carboxylic acids is 2. The number of nitro benzene ring substituents is 1. The van der Waals surface area contributed by atoms with E-state index < -0.39 is 26.8 Å². The highest BCUT2D eigenvalue weighted by Gasteiger charge is 2.26. The predicted molar refractivity (Wildman–Crippen MR) is 116 cm³/mol. The van der Waals surface area contributed by atoms with Gasteiger partial charge in [0.2, 0.25) is 15.9 Å². The zero-order chi connectivity index (χ0) is 23.1. The van der Waals surface area contributed by atoms with Crippen LogP contribution < -0.4 is 10.9 Å². The number of nitro groups is 1. The average Bonchev–Trinajstić information content (AvgIpc) is 2.82. The molecule has 2 aromatic rings. The molecule has 1 fully saturated rings. The molecule has 1 saturated heterocycles. The Kier molecular flexibility index (Phi) is 7.77. The van der Waals surface area contributed by atoms with E-state index in [9.17, 15) is 28.1 Å². The molecule has 0 aliphatic carbocycles. The van der Waals surface area contributed by atoms with Crippen molar-refractivity contribution < 1.29 is 22.9 Å². The fourth-order valence-corrected chi connectivity index (χ4v) is 5.10. The van der Waals surface area contributed by atoms with Crippen LogP contribution in [0.1, 0.15) is 29.6 Å². The van der Waals surface area contributed by atoms with Gasteiger partial charge in [-0.05, 0) is 31.0 Å². The van der Waals surface area contributed by atoms with Crippen LogP contribution in [-0.2, 0) is 14.8 Å². The van der Waals surface area contributed by atoms with Gasteiger partial charge in [0.05, 0.1) is 15.7 Å². The molecular formula is C19H21N5O6S2. The molecule has 1 aromatic heterocycles. The molecule has 32 heavy (non-hydrogen) atoms. The summed E-state index contributed by atoms with van der Waals surface area (Å²) >= 11 is 1.07. The first kappa shape index (κ1) is 23.6. The number of aromatic nitrogens is 1. The summed E-state index contributed by atoms with van der Waals surface area (Å²) in [7, 11) is -3.57. The van der Waals surface area contributed by atoms with E-state index in [0.29, 0.717) is 18.1 Å². The van der Waals surface area contributed by atoms with Crippen LogP contribution in [0.2, 0.25) is 0 Å². The first-order valence-electron chi connectivity index (χ1n) is 9.70. The summed E-state index contributed by atoms with van der Waals surface area (Å²) in [5.41, 5.74) is 4.19. The molecule has 170 valence electrons. The predicted octanol–water partition coefficient (Wildman–Crippen LogP) is 1.72. The van der Waals surface area contributed by atoms with Crippen LogP contribution in [0.15, 0.2) is 52.5 Å². The summed E-state index contributed by atoms with van der Waals surface area (Å²) in [5, 5.41) is 11.2. The fraction of sp³-hybridized carbons (Fsp3) is 0.316. The lowest BCUT2D eigenvalue weighted by Crippen LogP contribution is -2.42. The molecule has 1 aliphatic heterocycles. The molecule has 2 N–H and O–H groups in total. The molecule has 1 aliphatic rings. The summed E-state index contributed by atoms with van der Waals surface area (Å²) in [6.07, 6.45) is 3.97. The Morgan fingerprint density at radius 3 is 2.53 bits per heavy atom. The normalized spacial score (nSPS) is 14.5. The van der Waals surface area contributed by atoms with E-state index in [4.69, 9.17) is 0 Å². The van der Waals surface area contributed by atoms with Crippen molar-refractivity contribution in [3.8, 4) is 0 Å². The van der Waals surface area contributed by atoms with Crippen LogP contribution in [0, 0.1) is 10.1 Å². The number of piperidine rings is 1. The van der Waals surface area contributed by atoms with Crippen molar-refractivity contribution in [2.75, 3.05) is 18.8 Å². The van der Waals surface area contributed by atoms with E-state index >= 15 is 0 Å². The maximum atomic E-state index is 12.6. The van der Waals surface area contributed by atoms with E-state index in [0.717, 1.165) is 37.1 Å².